The van der Waals surface area contributed by atoms with Gasteiger partial charge >= 0.3 is 11.8 Å². The molecule has 1 N–H and O–H groups in total. The largest absolute Gasteiger partial charge is 0.472 e. The van der Waals surface area contributed by atoms with Gasteiger partial charge in [0.1, 0.15) is 11.9 Å². The third-order valence-electron chi connectivity index (χ3n) is 5.24. The van der Waals surface area contributed by atoms with E-state index in [-0.39, 0.29) is 35.2 Å². The third-order valence-corrected chi connectivity index (χ3v) is 6.37. The molecule has 12 nitrogen and oxygen atoms in total. The maximum atomic E-state index is 12.2. The highest BCUT2D eigenvalue weighted by Gasteiger charge is 2.29. The molecule has 0 bridgehead atoms. The molecule has 35 heavy (non-hydrogen) atoms. The van der Waals surface area contributed by atoms with E-state index in [9.17, 15) is 23.3 Å². The van der Waals surface area contributed by atoms with Crippen molar-refractivity contribution in [3.63, 3.8) is 0 Å². The van der Waals surface area contributed by atoms with E-state index in [1.54, 1.807) is 4.90 Å². The minimum atomic E-state index is -3.37. The quantitative estimate of drug-likeness (QED) is 0.434. The predicted molar refractivity (Wildman–Crippen MR) is 128 cm³/mol. The summed E-state index contributed by atoms with van der Waals surface area (Å²) >= 11 is 0. The highest BCUT2D eigenvalue weighted by Crippen LogP contribution is 2.33. The van der Waals surface area contributed by atoms with Crippen LogP contribution in [0.3, 0.4) is 0 Å². The van der Waals surface area contributed by atoms with Crippen LogP contribution in [0.15, 0.2) is 35.5 Å². The number of nitrogens with one attached hydrogen (secondary N) is 1. The SMILES string of the molecule is CC(C)(C)OC(=O)N1CCC(COc2ncnc(Nc3ccc(S(C)(=O)=O)cc3)c2[N+](=O)[O-])CC1. The smallest absolute Gasteiger partial charge is 0.410 e. The Kier molecular flexibility index (Phi) is 7.78. The lowest BCUT2D eigenvalue weighted by Gasteiger charge is -2.33. The second-order valence-electron chi connectivity index (χ2n) is 9.28. The first-order valence-electron chi connectivity index (χ1n) is 11.0. The van der Waals surface area contributed by atoms with Crippen molar-refractivity contribution < 1.29 is 27.6 Å². The van der Waals surface area contributed by atoms with E-state index < -0.39 is 26.0 Å². The van der Waals surface area contributed by atoms with Crippen LogP contribution in [-0.4, -0.2) is 65.9 Å². The Morgan fingerprint density at radius 2 is 1.83 bits per heavy atom. The maximum absolute atomic E-state index is 12.2. The van der Waals surface area contributed by atoms with Crippen LogP contribution in [0, 0.1) is 16.0 Å². The van der Waals surface area contributed by atoms with E-state index in [4.69, 9.17) is 9.47 Å². The molecule has 1 fully saturated rings. The molecular weight excluding hydrogens is 478 g/mol. The fourth-order valence-corrected chi connectivity index (χ4v) is 4.08. The normalized spacial score (nSPS) is 14.9. The third kappa shape index (κ3) is 7.25. The van der Waals surface area contributed by atoms with Crippen molar-refractivity contribution in [2.24, 2.45) is 5.92 Å². The lowest BCUT2D eigenvalue weighted by Crippen LogP contribution is -2.42. The summed E-state index contributed by atoms with van der Waals surface area (Å²) in [7, 11) is -3.37. The Bertz CT molecular complexity index is 1170. The van der Waals surface area contributed by atoms with Crippen molar-refractivity contribution in [1.82, 2.24) is 14.9 Å². The zero-order valence-corrected chi connectivity index (χ0v) is 20.9. The Morgan fingerprint density at radius 1 is 1.20 bits per heavy atom. The number of benzene rings is 1. The van der Waals surface area contributed by atoms with E-state index >= 15 is 0 Å². The number of aromatic nitrogens is 2. The predicted octanol–water partition coefficient (Wildman–Crippen LogP) is 3.56. The van der Waals surface area contributed by atoms with E-state index in [1.165, 1.54) is 24.3 Å². The summed E-state index contributed by atoms with van der Waals surface area (Å²) < 4.78 is 34.4. The maximum Gasteiger partial charge on any atom is 0.410 e. The lowest BCUT2D eigenvalue weighted by molar-refractivity contribution is -0.385. The molecule has 1 saturated heterocycles. The van der Waals surface area contributed by atoms with E-state index in [0.717, 1.165) is 12.6 Å². The summed E-state index contributed by atoms with van der Waals surface area (Å²) in [5.74, 6) is -0.162. The van der Waals surface area contributed by atoms with Crippen molar-refractivity contribution in [2.75, 3.05) is 31.3 Å². The van der Waals surface area contributed by atoms with Gasteiger partial charge < -0.3 is 19.7 Å². The van der Waals surface area contributed by atoms with E-state index in [1.807, 2.05) is 20.8 Å². The van der Waals surface area contributed by atoms with E-state index in [2.05, 4.69) is 15.3 Å². The fraction of sp³-hybridized carbons (Fsp3) is 0.500. The second-order valence-corrected chi connectivity index (χ2v) is 11.3. The summed E-state index contributed by atoms with van der Waals surface area (Å²) in [6, 6.07) is 5.76. The summed E-state index contributed by atoms with van der Waals surface area (Å²) in [6.45, 7) is 6.65. The summed E-state index contributed by atoms with van der Waals surface area (Å²) in [5.41, 5.74) is -0.574. The van der Waals surface area contributed by atoms with Crippen LogP contribution >= 0.6 is 0 Å². The van der Waals surface area contributed by atoms with Crippen LogP contribution < -0.4 is 10.1 Å². The van der Waals surface area contributed by atoms with Gasteiger partial charge in [0.05, 0.1) is 16.4 Å². The summed E-state index contributed by atoms with van der Waals surface area (Å²) in [6.07, 6.45) is 3.21. The molecule has 2 heterocycles. The number of carbonyl (C=O) groups is 1. The number of piperidine rings is 1. The molecule has 190 valence electrons. The molecule has 1 aromatic heterocycles. The van der Waals surface area contributed by atoms with Crippen LogP contribution in [0.1, 0.15) is 33.6 Å². The molecule has 2 aromatic rings. The molecule has 0 radical (unpaired) electrons. The molecule has 0 atom stereocenters. The molecule has 0 spiro atoms. The van der Waals surface area contributed by atoms with Gasteiger partial charge in [0.25, 0.3) is 5.88 Å². The first kappa shape index (κ1) is 26.1. The first-order chi connectivity index (χ1) is 16.3. The zero-order chi connectivity index (χ0) is 25.8. The van der Waals surface area contributed by atoms with Gasteiger partial charge in [-0.15, -0.1) is 0 Å². The van der Waals surface area contributed by atoms with Gasteiger partial charge in [-0.05, 0) is 63.8 Å². The number of sulfone groups is 1. The number of nitro groups is 1. The Morgan fingerprint density at radius 3 is 2.37 bits per heavy atom. The molecule has 1 aliphatic heterocycles. The van der Waals surface area contributed by atoms with Crippen molar-refractivity contribution >= 4 is 33.1 Å². The minimum Gasteiger partial charge on any atom is -0.472 e. The van der Waals surface area contributed by atoms with Gasteiger partial charge in [-0.3, -0.25) is 10.1 Å². The molecule has 3 rings (SSSR count). The van der Waals surface area contributed by atoms with Gasteiger partial charge in [0, 0.05) is 25.0 Å². The van der Waals surface area contributed by atoms with Crippen LogP contribution in [0.2, 0.25) is 0 Å². The Balaban J connectivity index is 1.64. The minimum absolute atomic E-state index is 0.0770. The van der Waals surface area contributed by atoms with Gasteiger partial charge in [0.2, 0.25) is 5.82 Å². The van der Waals surface area contributed by atoms with Crippen molar-refractivity contribution in [3.05, 3.63) is 40.7 Å². The molecule has 1 amide bonds. The van der Waals surface area contributed by atoms with E-state index in [0.29, 0.717) is 31.6 Å². The van der Waals surface area contributed by atoms with Gasteiger partial charge in [0.15, 0.2) is 9.84 Å². The second kappa shape index (κ2) is 10.4. The number of ether oxygens (including phenoxy) is 2. The highest BCUT2D eigenvalue weighted by atomic mass is 32.2. The Labute approximate surface area is 203 Å². The van der Waals surface area contributed by atoms with Crippen LogP contribution in [0.5, 0.6) is 5.88 Å². The number of hydrogen-bond acceptors (Lipinski definition) is 10. The summed E-state index contributed by atoms with van der Waals surface area (Å²) in [5, 5.41) is 14.6. The van der Waals surface area contributed by atoms with Crippen molar-refractivity contribution in [2.45, 2.75) is 44.1 Å². The van der Waals surface area contributed by atoms with Crippen LogP contribution in [0.4, 0.5) is 22.0 Å². The van der Waals surface area contributed by atoms with Crippen molar-refractivity contribution in [3.8, 4) is 5.88 Å². The highest BCUT2D eigenvalue weighted by molar-refractivity contribution is 7.90. The Hall–Kier alpha value is -3.48. The number of likely N-dealkylation sites (tertiary alicyclic amines) is 1. The first-order valence-corrected chi connectivity index (χ1v) is 12.9. The molecule has 1 aliphatic rings. The standard InChI is InChI=1S/C22H29N5O7S/c1-22(2,3)34-21(28)26-11-9-15(10-12-26)13-33-20-18(27(29)30)19(23-14-24-20)25-16-5-7-17(8-6-16)35(4,31)32/h5-8,14-15H,9-13H2,1-4H3,(H,23,24,25). The van der Waals surface area contributed by atoms with Crippen molar-refractivity contribution in [1.29, 1.82) is 0 Å². The fourth-order valence-electron chi connectivity index (χ4n) is 3.45. The lowest BCUT2D eigenvalue weighted by atomic mass is 9.98. The number of hydrogen-bond donors (Lipinski definition) is 1. The van der Waals surface area contributed by atoms with Gasteiger partial charge in [-0.1, -0.05) is 0 Å². The average Bonchev–Trinajstić information content (AvgIpc) is 2.76. The molecule has 0 saturated carbocycles. The molecule has 0 unspecified atom stereocenters. The molecule has 0 aliphatic carbocycles. The van der Waals surface area contributed by atoms with Gasteiger partial charge in [-0.2, -0.15) is 4.98 Å². The number of rotatable bonds is 7. The monoisotopic (exact) mass is 507 g/mol. The molecule has 1 aromatic carbocycles. The van der Waals surface area contributed by atoms with Crippen LogP contribution in [0.25, 0.3) is 0 Å². The zero-order valence-electron chi connectivity index (χ0n) is 20.1. The molecular formula is C22H29N5O7S. The average molecular weight is 508 g/mol. The topological polar surface area (TPSA) is 154 Å². The number of carbonyl (C=O) groups excluding carboxylic acids is 1. The number of anilines is 2. The molecule has 13 heteroatoms. The van der Waals surface area contributed by atoms with Gasteiger partial charge in [-0.25, -0.2) is 18.2 Å². The number of amides is 1. The number of nitrogens with zero attached hydrogens (tertiary/aromatic N) is 4. The van der Waals surface area contributed by atoms with Crippen LogP contribution in [-0.2, 0) is 14.6 Å². The summed E-state index contributed by atoms with van der Waals surface area (Å²) in [4.78, 5) is 33.0.